The molecule has 1 aliphatic rings. The van der Waals surface area contributed by atoms with Crippen molar-refractivity contribution in [2.45, 2.75) is 26.3 Å². The molecule has 0 spiro atoms. The van der Waals surface area contributed by atoms with E-state index in [1.54, 1.807) is 16.4 Å². The molecule has 1 heterocycles. The van der Waals surface area contributed by atoms with Crippen LogP contribution in [-0.2, 0) is 16.6 Å². The Bertz CT molecular complexity index is 566. The van der Waals surface area contributed by atoms with Crippen LogP contribution >= 0.6 is 11.6 Å². The molecule has 0 amide bonds. The molecule has 4 nitrogen and oxygen atoms in total. The van der Waals surface area contributed by atoms with Gasteiger partial charge in [0.25, 0.3) is 0 Å². The van der Waals surface area contributed by atoms with E-state index in [1.165, 1.54) is 19.1 Å². The molecule has 1 fully saturated rings. The van der Waals surface area contributed by atoms with E-state index in [1.807, 2.05) is 12.1 Å². The molecule has 22 heavy (non-hydrogen) atoms. The summed E-state index contributed by atoms with van der Waals surface area (Å²) in [6.07, 6.45) is 3.69. The second-order valence-corrected chi connectivity index (χ2v) is 8.67. The summed E-state index contributed by atoms with van der Waals surface area (Å²) in [6, 6.07) is 7.35. The van der Waals surface area contributed by atoms with Crippen molar-refractivity contribution in [2.75, 3.05) is 32.4 Å². The highest BCUT2D eigenvalue weighted by molar-refractivity contribution is 7.88. The highest BCUT2D eigenvalue weighted by Crippen LogP contribution is 2.17. The maximum Gasteiger partial charge on any atom is 0.211 e. The van der Waals surface area contributed by atoms with Gasteiger partial charge in [0.2, 0.25) is 10.0 Å². The Kier molecular flexibility index (Phi) is 6.26. The van der Waals surface area contributed by atoms with Crippen LogP contribution in [0, 0.1) is 5.92 Å². The van der Waals surface area contributed by atoms with Gasteiger partial charge in [-0.3, -0.25) is 0 Å². The Hall–Kier alpha value is -0.620. The van der Waals surface area contributed by atoms with Gasteiger partial charge in [-0.25, -0.2) is 8.42 Å². The summed E-state index contributed by atoms with van der Waals surface area (Å²) >= 11 is 5.87. The minimum atomic E-state index is -3.21. The van der Waals surface area contributed by atoms with Crippen LogP contribution in [0.2, 0.25) is 5.02 Å². The molecule has 1 aromatic carbocycles. The van der Waals surface area contributed by atoms with Crippen molar-refractivity contribution < 1.29 is 8.42 Å². The summed E-state index contributed by atoms with van der Waals surface area (Å²) in [4.78, 5) is 2.36. The highest BCUT2D eigenvalue weighted by atomic mass is 35.5. The summed E-state index contributed by atoms with van der Waals surface area (Å²) < 4.78 is 25.6. The van der Waals surface area contributed by atoms with E-state index in [0.29, 0.717) is 18.1 Å². The van der Waals surface area contributed by atoms with Crippen LogP contribution in [0.4, 0.5) is 0 Å². The fourth-order valence-corrected chi connectivity index (χ4v) is 3.62. The molecule has 1 aromatic rings. The Morgan fingerprint density at radius 3 is 2.36 bits per heavy atom. The molecule has 2 rings (SSSR count). The van der Waals surface area contributed by atoms with Crippen LogP contribution in [0.15, 0.2) is 24.3 Å². The first kappa shape index (κ1) is 17.7. The fourth-order valence-electron chi connectivity index (χ4n) is 2.69. The van der Waals surface area contributed by atoms with E-state index in [-0.39, 0.29) is 0 Å². The van der Waals surface area contributed by atoms with Gasteiger partial charge in [-0.1, -0.05) is 30.7 Å². The second-order valence-electron chi connectivity index (χ2n) is 6.25. The number of hydrogen-bond acceptors (Lipinski definition) is 3. The van der Waals surface area contributed by atoms with Crippen LogP contribution in [0.5, 0.6) is 0 Å². The predicted octanol–water partition coefficient (Wildman–Crippen LogP) is 2.83. The molecule has 0 unspecified atom stereocenters. The molecule has 0 atom stereocenters. The molecule has 0 N–H and O–H groups in total. The number of nitrogens with zero attached hydrogens (tertiary/aromatic N) is 2. The average Bonchev–Trinajstić information content (AvgIpc) is 2.46. The fraction of sp³-hybridized carbons (Fsp3) is 0.625. The second kappa shape index (κ2) is 7.77. The lowest BCUT2D eigenvalue weighted by Crippen LogP contribution is -2.40. The third-order valence-electron chi connectivity index (χ3n) is 4.28. The zero-order valence-electron chi connectivity index (χ0n) is 13.3. The number of sulfonamides is 1. The molecule has 0 radical (unpaired) electrons. The number of piperidine rings is 1. The molecule has 1 aliphatic heterocycles. The number of benzene rings is 1. The summed E-state index contributed by atoms with van der Waals surface area (Å²) in [5.41, 5.74) is 0.960. The van der Waals surface area contributed by atoms with E-state index in [9.17, 15) is 8.42 Å². The van der Waals surface area contributed by atoms with Gasteiger partial charge in [-0.05, 0) is 49.5 Å². The van der Waals surface area contributed by atoms with E-state index in [4.69, 9.17) is 11.6 Å². The minimum Gasteiger partial charge on any atom is -0.302 e. The van der Waals surface area contributed by atoms with Gasteiger partial charge in [0, 0.05) is 24.7 Å². The highest BCUT2D eigenvalue weighted by Gasteiger charge is 2.20. The third-order valence-corrected chi connectivity index (χ3v) is 5.78. The van der Waals surface area contributed by atoms with Crippen molar-refractivity contribution in [3.05, 3.63) is 34.9 Å². The Balaban J connectivity index is 1.94. The van der Waals surface area contributed by atoms with Crippen molar-refractivity contribution in [1.82, 2.24) is 9.21 Å². The lowest BCUT2D eigenvalue weighted by Gasteiger charge is -2.31. The first-order chi connectivity index (χ1) is 10.3. The first-order valence-corrected chi connectivity index (χ1v) is 9.99. The van der Waals surface area contributed by atoms with Crippen LogP contribution in [0.1, 0.15) is 25.3 Å². The summed E-state index contributed by atoms with van der Waals surface area (Å²) in [7, 11) is -3.21. The lowest BCUT2D eigenvalue weighted by molar-refractivity contribution is 0.181. The predicted molar refractivity (Wildman–Crippen MR) is 91.5 cm³/mol. The maximum atomic E-state index is 12.0. The van der Waals surface area contributed by atoms with Gasteiger partial charge in [0.15, 0.2) is 0 Å². The van der Waals surface area contributed by atoms with Crippen molar-refractivity contribution >= 4 is 21.6 Å². The van der Waals surface area contributed by atoms with Crippen LogP contribution < -0.4 is 0 Å². The molecule has 0 aromatic heterocycles. The van der Waals surface area contributed by atoms with Gasteiger partial charge >= 0.3 is 0 Å². The maximum absolute atomic E-state index is 12.0. The van der Waals surface area contributed by atoms with E-state index in [0.717, 1.165) is 31.1 Å². The molecule has 6 heteroatoms. The molecule has 0 saturated carbocycles. The monoisotopic (exact) mass is 344 g/mol. The van der Waals surface area contributed by atoms with Crippen LogP contribution in [0.25, 0.3) is 0 Å². The standard InChI is InChI=1S/C16H25ClN2O2S/c1-14-7-9-18(10-8-14)11-12-19(22(2,20)21)13-15-3-5-16(17)6-4-15/h3-6,14H,7-13H2,1-2H3. The van der Waals surface area contributed by atoms with Crippen LogP contribution in [-0.4, -0.2) is 50.1 Å². The summed E-state index contributed by atoms with van der Waals surface area (Å²) in [5, 5.41) is 0.664. The molecule has 1 saturated heterocycles. The smallest absolute Gasteiger partial charge is 0.211 e. The molecule has 124 valence electrons. The van der Waals surface area contributed by atoms with Gasteiger partial charge in [0.1, 0.15) is 0 Å². The minimum absolute atomic E-state index is 0.403. The quantitative estimate of drug-likeness (QED) is 0.796. The molecular formula is C16H25ClN2O2S. The average molecular weight is 345 g/mol. The SMILES string of the molecule is CC1CCN(CCN(Cc2ccc(Cl)cc2)S(C)(=O)=O)CC1. The number of rotatable bonds is 6. The van der Waals surface area contributed by atoms with Crippen molar-refractivity contribution in [3.63, 3.8) is 0 Å². The molecule has 0 aliphatic carbocycles. The normalized spacial score (nSPS) is 18.0. The van der Waals surface area contributed by atoms with E-state index < -0.39 is 10.0 Å². The first-order valence-electron chi connectivity index (χ1n) is 7.76. The summed E-state index contributed by atoms with van der Waals surface area (Å²) in [5.74, 6) is 0.788. The zero-order valence-corrected chi connectivity index (χ0v) is 14.9. The van der Waals surface area contributed by atoms with Crippen molar-refractivity contribution in [1.29, 1.82) is 0 Å². The summed E-state index contributed by atoms with van der Waals surface area (Å²) in [6.45, 7) is 6.16. The van der Waals surface area contributed by atoms with Crippen molar-refractivity contribution in [3.8, 4) is 0 Å². The zero-order chi connectivity index (χ0) is 16.2. The topological polar surface area (TPSA) is 40.6 Å². The van der Waals surface area contributed by atoms with E-state index >= 15 is 0 Å². The van der Waals surface area contributed by atoms with Gasteiger partial charge in [-0.2, -0.15) is 4.31 Å². The molecule has 0 bridgehead atoms. The number of halogens is 1. The number of likely N-dealkylation sites (tertiary alicyclic amines) is 1. The van der Waals surface area contributed by atoms with Crippen molar-refractivity contribution in [2.24, 2.45) is 5.92 Å². The Morgan fingerprint density at radius 1 is 1.23 bits per heavy atom. The Labute approximate surface area is 139 Å². The van der Waals surface area contributed by atoms with Gasteiger partial charge < -0.3 is 4.90 Å². The van der Waals surface area contributed by atoms with Gasteiger partial charge in [-0.15, -0.1) is 0 Å². The lowest BCUT2D eigenvalue weighted by atomic mass is 9.99. The third kappa shape index (κ3) is 5.54. The van der Waals surface area contributed by atoms with Crippen LogP contribution in [0.3, 0.4) is 0 Å². The number of hydrogen-bond donors (Lipinski definition) is 0. The molecular weight excluding hydrogens is 320 g/mol. The van der Waals surface area contributed by atoms with E-state index in [2.05, 4.69) is 11.8 Å². The Morgan fingerprint density at radius 2 is 1.82 bits per heavy atom. The largest absolute Gasteiger partial charge is 0.302 e. The van der Waals surface area contributed by atoms with Gasteiger partial charge in [0.05, 0.1) is 6.26 Å².